The number of amides is 1. The van der Waals surface area contributed by atoms with Gasteiger partial charge < -0.3 is 5.32 Å². The fourth-order valence-corrected chi connectivity index (χ4v) is 3.00. The third-order valence-corrected chi connectivity index (χ3v) is 4.15. The summed E-state index contributed by atoms with van der Waals surface area (Å²) in [5, 5.41) is 17.6. The summed E-state index contributed by atoms with van der Waals surface area (Å²) in [6.07, 6.45) is 1.38. The number of nitrogens with one attached hydrogen (secondary N) is 1. The molecule has 0 saturated heterocycles. The van der Waals surface area contributed by atoms with Crippen LogP contribution in [0, 0.1) is 11.3 Å². The number of nitrogens with zero attached hydrogens (tertiary/aromatic N) is 4. The molecule has 1 N–H and O–H groups in total. The molecule has 23 heavy (non-hydrogen) atoms. The number of hydrogen-bond donors (Lipinski definition) is 1. The number of aromatic nitrogens is 3. The molecule has 0 aliphatic carbocycles. The molecule has 7 heteroatoms. The molecule has 6 nitrogen and oxygen atoms in total. The monoisotopic (exact) mass is 323 g/mol. The van der Waals surface area contributed by atoms with Crippen LogP contribution in [0.1, 0.15) is 22.3 Å². The first-order chi connectivity index (χ1) is 11.3. The predicted molar refractivity (Wildman–Crippen MR) is 85.5 cm³/mol. The summed E-state index contributed by atoms with van der Waals surface area (Å²) in [7, 11) is 0. The maximum absolute atomic E-state index is 12.3. The Morgan fingerprint density at radius 1 is 1.30 bits per heavy atom. The zero-order chi connectivity index (χ0) is 16.1. The first-order valence-electron chi connectivity index (χ1n) is 6.93. The van der Waals surface area contributed by atoms with Crippen LogP contribution >= 0.6 is 11.3 Å². The number of nitriles is 1. The second-order valence-corrected chi connectivity index (χ2v) is 5.78. The third-order valence-electron chi connectivity index (χ3n) is 3.21. The van der Waals surface area contributed by atoms with Crippen molar-refractivity contribution in [3.05, 3.63) is 70.4 Å². The van der Waals surface area contributed by atoms with Gasteiger partial charge in [-0.05, 0) is 17.0 Å². The van der Waals surface area contributed by atoms with E-state index in [1.165, 1.54) is 11.0 Å². The Balaban J connectivity index is 1.76. The summed E-state index contributed by atoms with van der Waals surface area (Å²) >= 11 is 1.59. The number of thiophene rings is 1. The molecule has 0 saturated carbocycles. The van der Waals surface area contributed by atoms with Crippen molar-refractivity contribution in [1.82, 2.24) is 20.1 Å². The molecule has 0 bridgehead atoms. The molecule has 1 amide bonds. The number of carbonyl (C=O) groups is 1. The van der Waals surface area contributed by atoms with Gasteiger partial charge in [-0.1, -0.05) is 36.4 Å². The average Bonchev–Trinajstić information content (AvgIpc) is 3.25. The summed E-state index contributed by atoms with van der Waals surface area (Å²) in [5.74, 6) is -0.141. The normalized spacial score (nSPS) is 11.6. The van der Waals surface area contributed by atoms with Crippen molar-refractivity contribution >= 4 is 17.2 Å². The van der Waals surface area contributed by atoms with Crippen LogP contribution in [-0.2, 0) is 11.3 Å². The summed E-state index contributed by atoms with van der Waals surface area (Å²) < 4.78 is 1.35. The summed E-state index contributed by atoms with van der Waals surface area (Å²) in [6.45, 7) is 0.0173. The lowest BCUT2D eigenvalue weighted by atomic mass is 10.1. The van der Waals surface area contributed by atoms with Gasteiger partial charge in [0.1, 0.15) is 18.9 Å². The molecule has 0 aliphatic heterocycles. The average molecular weight is 323 g/mol. The molecule has 0 aliphatic rings. The van der Waals surface area contributed by atoms with Crippen molar-refractivity contribution in [2.75, 3.05) is 0 Å². The van der Waals surface area contributed by atoms with Crippen LogP contribution in [0.5, 0.6) is 0 Å². The lowest BCUT2D eigenvalue weighted by Gasteiger charge is -2.18. The van der Waals surface area contributed by atoms with E-state index < -0.39 is 0 Å². The fourth-order valence-electron chi connectivity index (χ4n) is 2.20. The minimum absolute atomic E-state index is 0.0173. The molecular weight excluding hydrogens is 310 g/mol. The van der Waals surface area contributed by atoms with Crippen molar-refractivity contribution in [2.45, 2.75) is 12.6 Å². The highest BCUT2D eigenvalue weighted by molar-refractivity contribution is 7.10. The Morgan fingerprint density at radius 2 is 2.13 bits per heavy atom. The van der Waals surface area contributed by atoms with Crippen molar-refractivity contribution in [1.29, 1.82) is 5.26 Å². The Kier molecular flexibility index (Phi) is 4.45. The van der Waals surface area contributed by atoms with Crippen molar-refractivity contribution < 1.29 is 4.79 Å². The van der Waals surface area contributed by atoms with Gasteiger partial charge in [-0.2, -0.15) is 5.26 Å². The van der Waals surface area contributed by atoms with Gasteiger partial charge in [-0.3, -0.25) is 4.79 Å². The predicted octanol–water partition coefficient (Wildman–Crippen LogP) is 2.12. The topological polar surface area (TPSA) is 83.6 Å². The lowest BCUT2D eigenvalue weighted by molar-refractivity contribution is -0.122. The third kappa shape index (κ3) is 3.62. The highest BCUT2D eigenvalue weighted by atomic mass is 32.1. The van der Waals surface area contributed by atoms with Crippen LogP contribution < -0.4 is 5.32 Å². The van der Waals surface area contributed by atoms with Crippen LogP contribution in [0.3, 0.4) is 0 Å². The quantitative estimate of drug-likeness (QED) is 0.779. The number of benzene rings is 1. The molecule has 3 rings (SSSR count). The highest BCUT2D eigenvalue weighted by Crippen LogP contribution is 2.25. The minimum Gasteiger partial charge on any atom is -0.343 e. The Morgan fingerprint density at radius 3 is 2.78 bits per heavy atom. The van der Waals surface area contributed by atoms with Crippen LogP contribution in [0.4, 0.5) is 0 Å². The lowest BCUT2D eigenvalue weighted by Crippen LogP contribution is -2.32. The van der Waals surface area contributed by atoms with Crippen molar-refractivity contribution in [2.24, 2.45) is 0 Å². The molecule has 1 aromatic carbocycles. The van der Waals surface area contributed by atoms with E-state index in [1.807, 2.05) is 53.9 Å². The number of carbonyl (C=O) groups excluding carboxylic acids is 1. The highest BCUT2D eigenvalue weighted by Gasteiger charge is 2.18. The maximum Gasteiger partial charge on any atom is 0.252 e. The molecular formula is C16H13N5OS. The molecule has 2 aromatic heterocycles. The standard InChI is InChI=1S/C16H13N5OS/c17-9-14-18-11-21(20-14)10-15(22)19-16(13-7-4-8-23-13)12-5-2-1-3-6-12/h1-8,11,16H,10H2,(H,19,22)/t16-/m1/s1. The van der Waals surface area contributed by atoms with Crippen LogP contribution in [0.15, 0.2) is 54.2 Å². The first-order valence-corrected chi connectivity index (χ1v) is 7.81. The molecule has 0 spiro atoms. The molecule has 0 unspecified atom stereocenters. The summed E-state index contributed by atoms with van der Waals surface area (Å²) in [4.78, 5) is 17.2. The van der Waals surface area contributed by atoms with E-state index in [0.29, 0.717) is 0 Å². The maximum atomic E-state index is 12.3. The van der Waals surface area contributed by atoms with Gasteiger partial charge in [-0.25, -0.2) is 9.67 Å². The van der Waals surface area contributed by atoms with E-state index in [9.17, 15) is 4.79 Å². The Hall–Kier alpha value is -2.98. The minimum atomic E-state index is -0.206. The summed E-state index contributed by atoms with van der Waals surface area (Å²) in [5.41, 5.74) is 1.01. The van der Waals surface area contributed by atoms with Gasteiger partial charge in [-0.15, -0.1) is 16.4 Å². The molecule has 1 atom stereocenters. The number of hydrogen-bond acceptors (Lipinski definition) is 5. The van der Waals surface area contributed by atoms with E-state index in [2.05, 4.69) is 15.4 Å². The van der Waals surface area contributed by atoms with Gasteiger partial charge in [0.2, 0.25) is 5.91 Å². The molecule has 0 fully saturated rings. The largest absolute Gasteiger partial charge is 0.343 e. The van der Waals surface area contributed by atoms with Gasteiger partial charge in [0.15, 0.2) is 0 Å². The van der Waals surface area contributed by atoms with Gasteiger partial charge >= 0.3 is 0 Å². The molecule has 0 radical (unpaired) electrons. The van der Waals surface area contributed by atoms with Crippen molar-refractivity contribution in [3.8, 4) is 6.07 Å². The second-order valence-electron chi connectivity index (χ2n) is 4.80. The second kappa shape index (κ2) is 6.85. The van der Waals surface area contributed by atoms with Gasteiger partial charge in [0.25, 0.3) is 5.82 Å². The Bertz CT molecular complexity index is 820. The molecule has 3 aromatic rings. The van der Waals surface area contributed by atoms with E-state index in [0.717, 1.165) is 10.4 Å². The Labute approximate surface area is 137 Å². The first kappa shape index (κ1) is 14.9. The van der Waals surface area contributed by atoms with Crippen LogP contribution in [0.2, 0.25) is 0 Å². The SMILES string of the molecule is N#Cc1ncn(CC(=O)N[C@H](c2ccccc2)c2cccs2)n1. The van der Waals surface area contributed by atoms with Crippen LogP contribution in [0.25, 0.3) is 0 Å². The van der Waals surface area contributed by atoms with E-state index in [1.54, 1.807) is 11.3 Å². The zero-order valence-corrected chi connectivity index (χ0v) is 12.9. The fraction of sp³-hybridized carbons (Fsp3) is 0.125. The van der Waals surface area contributed by atoms with Crippen LogP contribution in [-0.4, -0.2) is 20.7 Å². The smallest absolute Gasteiger partial charge is 0.252 e. The van der Waals surface area contributed by atoms with E-state index in [4.69, 9.17) is 5.26 Å². The molecule has 2 heterocycles. The van der Waals surface area contributed by atoms with Gasteiger partial charge in [0, 0.05) is 4.88 Å². The molecule has 114 valence electrons. The summed E-state index contributed by atoms with van der Waals surface area (Å²) in [6, 6.07) is 15.4. The van der Waals surface area contributed by atoms with E-state index in [-0.39, 0.29) is 24.3 Å². The van der Waals surface area contributed by atoms with Crippen molar-refractivity contribution in [3.63, 3.8) is 0 Å². The van der Waals surface area contributed by atoms with Gasteiger partial charge in [0.05, 0.1) is 6.04 Å². The zero-order valence-electron chi connectivity index (χ0n) is 12.1. The number of rotatable bonds is 5. The van der Waals surface area contributed by atoms with E-state index >= 15 is 0 Å².